The van der Waals surface area contributed by atoms with E-state index >= 15 is 0 Å². The molecule has 0 aliphatic heterocycles. The first-order valence-corrected chi connectivity index (χ1v) is 7.25. The third-order valence-corrected chi connectivity index (χ3v) is 3.56. The SMILES string of the molecule is Bc1ccc2nc(Nc3cccc(C(C)(C)O)c3)ncc2c1. The summed E-state index contributed by atoms with van der Waals surface area (Å²) in [5.41, 5.74) is 2.91. The molecule has 0 saturated heterocycles. The zero-order valence-electron chi connectivity index (χ0n) is 13.0. The van der Waals surface area contributed by atoms with Crippen LogP contribution in [0.4, 0.5) is 11.6 Å². The molecule has 110 valence electrons. The molecule has 0 bridgehead atoms. The number of nitrogens with zero attached hydrogens (tertiary/aromatic N) is 2. The Morgan fingerprint density at radius 2 is 1.95 bits per heavy atom. The van der Waals surface area contributed by atoms with E-state index in [1.165, 1.54) is 5.46 Å². The van der Waals surface area contributed by atoms with Gasteiger partial charge in [0.15, 0.2) is 0 Å². The van der Waals surface area contributed by atoms with Crippen molar-refractivity contribution in [2.24, 2.45) is 0 Å². The summed E-state index contributed by atoms with van der Waals surface area (Å²) in [6.07, 6.45) is 1.82. The minimum Gasteiger partial charge on any atom is -0.386 e. The van der Waals surface area contributed by atoms with Crippen LogP contribution >= 0.6 is 0 Å². The molecule has 1 aromatic heterocycles. The Morgan fingerprint density at radius 3 is 2.73 bits per heavy atom. The lowest BCUT2D eigenvalue weighted by Crippen LogP contribution is -2.15. The molecule has 0 unspecified atom stereocenters. The molecule has 1 heterocycles. The number of hydrogen-bond donors (Lipinski definition) is 2. The largest absolute Gasteiger partial charge is 0.386 e. The van der Waals surface area contributed by atoms with Gasteiger partial charge in [-0.15, -0.1) is 0 Å². The zero-order chi connectivity index (χ0) is 15.7. The molecule has 0 radical (unpaired) electrons. The quantitative estimate of drug-likeness (QED) is 0.723. The average Bonchev–Trinajstić information content (AvgIpc) is 2.47. The van der Waals surface area contributed by atoms with E-state index in [4.69, 9.17) is 0 Å². The van der Waals surface area contributed by atoms with E-state index in [2.05, 4.69) is 21.4 Å². The van der Waals surface area contributed by atoms with Crippen LogP contribution in [0.3, 0.4) is 0 Å². The number of nitrogens with one attached hydrogen (secondary N) is 1. The molecule has 2 aromatic carbocycles. The van der Waals surface area contributed by atoms with Gasteiger partial charge in [0.1, 0.15) is 7.85 Å². The highest BCUT2D eigenvalue weighted by Crippen LogP contribution is 2.24. The molecule has 2 N–H and O–H groups in total. The first-order chi connectivity index (χ1) is 10.4. The molecule has 5 heteroatoms. The Hall–Kier alpha value is -2.40. The van der Waals surface area contributed by atoms with E-state index in [9.17, 15) is 5.11 Å². The van der Waals surface area contributed by atoms with E-state index < -0.39 is 5.60 Å². The van der Waals surface area contributed by atoms with E-state index in [1.807, 2.05) is 50.4 Å². The fraction of sp³-hybridized carbons (Fsp3) is 0.176. The molecular weight excluding hydrogens is 273 g/mol. The van der Waals surface area contributed by atoms with Crippen molar-refractivity contribution in [1.29, 1.82) is 0 Å². The Morgan fingerprint density at radius 1 is 1.14 bits per heavy atom. The summed E-state index contributed by atoms with van der Waals surface area (Å²) in [6, 6.07) is 13.7. The third kappa shape index (κ3) is 3.09. The van der Waals surface area contributed by atoms with Gasteiger partial charge in [-0.05, 0) is 37.6 Å². The van der Waals surface area contributed by atoms with Crippen molar-refractivity contribution in [2.45, 2.75) is 19.4 Å². The Bertz CT molecular complexity index is 827. The van der Waals surface area contributed by atoms with Crippen molar-refractivity contribution >= 4 is 35.8 Å². The summed E-state index contributed by atoms with van der Waals surface area (Å²) in [5.74, 6) is 0.546. The maximum absolute atomic E-state index is 10.1. The average molecular weight is 291 g/mol. The molecule has 4 nitrogen and oxygen atoms in total. The highest BCUT2D eigenvalue weighted by molar-refractivity contribution is 6.33. The summed E-state index contributed by atoms with van der Waals surface area (Å²) in [5, 5.41) is 14.3. The van der Waals surface area contributed by atoms with Crippen LogP contribution in [0.1, 0.15) is 19.4 Å². The number of fused-ring (bicyclic) bond motifs is 1. The maximum Gasteiger partial charge on any atom is 0.227 e. The van der Waals surface area contributed by atoms with Gasteiger partial charge in [0, 0.05) is 17.3 Å². The monoisotopic (exact) mass is 291 g/mol. The van der Waals surface area contributed by atoms with Gasteiger partial charge in [-0.1, -0.05) is 29.7 Å². The topological polar surface area (TPSA) is 58.0 Å². The first-order valence-electron chi connectivity index (χ1n) is 7.25. The van der Waals surface area contributed by atoms with E-state index in [-0.39, 0.29) is 0 Å². The second-order valence-electron chi connectivity index (χ2n) is 6.02. The number of aromatic nitrogens is 2. The zero-order valence-corrected chi connectivity index (χ0v) is 13.0. The molecule has 0 saturated carbocycles. The smallest absolute Gasteiger partial charge is 0.227 e. The fourth-order valence-corrected chi connectivity index (χ4v) is 2.32. The van der Waals surface area contributed by atoms with Crippen LogP contribution in [-0.2, 0) is 5.60 Å². The Labute approximate surface area is 130 Å². The first kappa shape index (κ1) is 14.5. The molecule has 0 amide bonds. The molecular formula is C17H18BN3O. The second-order valence-corrected chi connectivity index (χ2v) is 6.02. The van der Waals surface area contributed by atoms with E-state index in [0.29, 0.717) is 5.95 Å². The number of rotatable bonds is 3. The normalized spacial score (nSPS) is 11.6. The van der Waals surface area contributed by atoms with Crippen molar-refractivity contribution in [3.63, 3.8) is 0 Å². The van der Waals surface area contributed by atoms with Crippen molar-refractivity contribution in [2.75, 3.05) is 5.32 Å². The van der Waals surface area contributed by atoms with Crippen LogP contribution in [0.25, 0.3) is 10.9 Å². The Balaban J connectivity index is 1.91. The molecule has 0 fully saturated rings. The van der Waals surface area contributed by atoms with Crippen LogP contribution < -0.4 is 10.8 Å². The molecule has 3 rings (SSSR count). The summed E-state index contributed by atoms with van der Waals surface area (Å²) in [4.78, 5) is 8.87. The molecule has 0 spiro atoms. The summed E-state index contributed by atoms with van der Waals surface area (Å²) >= 11 is 0. The van der Waals surface area contributed by atoms with Gasteiger partial charge in [0.05, 0.1) is 11.1 Å². The van der Waals surface area contributed by atoms with Crippen molar-refractivity contribution in [1.82, 2.24) is 9.97 Å². The van der Waals surface area contributed by atoms with Gasteiger partial charge in [-0.25, -0.2) is 9.97 Å². The maximum atomic E-state index is 10.1. The van der Waals surface area contributed by atoms with E-state index in [1.54, 1.807) is 13.8 Å². The van der Waals surface area contributed by atoms with Gasteiger partial charge in [0.25, 0.3) is 0 Å². The predicted molar refractivity (Wildman–Crippen MR) is 92.7 cm³/mol. The predicted octanol–water partition coefficient (Wildman–Crippen LogP) is 1.86. The Kier molecular flexibility index (Phi) is 3.58. The summed E-state index contributed by atoms with van der Waals surface area (Å²) in [7, 11) is 2.05. The minimum atomic E-state index is -0.876. The third-order valence-electron chi connectivity index (χ3n) is 3.56. The van der Waals surface area contributed by atoms with Gasteiger partial charge in [-0.3, -0.25) is 0 Å². The molecule has 0 aliphatic rings. The molecule has 3 aromatic rings. The van der Waals surface area contributed by atoms with Crippen molar-refractivity contribution in [3.05, 3.63) is 54.2 Å². The van der Waals surface area contributed by atoms with Crippen LogP contribution in [0.2, 0.25) is 0 Å². The van der Waals surface area contributed by atoms with Crippen LogP contribution in [0, 0.1) is 0 Å². The number of benzene rings is 2. The van der Waals surface area contributed by atoms with Gasteiger partial charge < -0.3 is 10.4 Å². The van der Waals surface area contributed by atoms with Gasteiger partial charge in [-0.2, -0.15) is 0 Å². The van der Waals surface area contributed by atoms with Crippen LogP contribution in [0.5, 0.6) is 0 Å². The minimum absolute atomic E-state index is 0.546. The van der Waals surface area contributed by atoms with Crippen LogP contribution in [0.15, 0.2) is 48.7 Å². The number of anilines is 2. The van der Waals surface area contributed by atoms with Crippen molar-refractivity contribution in [3.8, 4) is 0 Å². The standard InChI is InChI=1S/C17H18BN3O/c1-17(2,22)12-4-3-5-14(9-12)20-16-19-10-11-8-13(18)6-7-15(11)21-16/h3-10,22H,18H2,1-2H3,(H,19,20,21). The van der Waals surface area contributed by atoms with Gasteiger partial charge in [0.2, 0.25) is 5.95 Å². The summed E-state index contributed by atoms with van der Waals surface area (Å²) in [6.45, 7) is 3.53. The lowest BCUT2D eigenvalue weighted by molar-refractivity contribution is 0.0786. The lowest BCUT2D eigenvalue weighted by Gasteiger charge is -2.18. The lowest BCUT2D eigenvalue weighted by atomic mass is 9.95. The van der Waals surface area contributed by atoms with Gasteiger partial charge >= 0.3 is 0 Å². The molecule has 0 atom stereocenters. The number of aliphatic hydroxyl groups is 1. The molecule has 22 heavy (non-hydrogen) atoms. The highest BCUT2D eigenvalue weighted by Gasteiger charge is 2.15. The van der Waals surface area contributed by atoms with Crippen molar-refractivity contribution < 1.29 is 5.11 Å². The molecule has 0 aliphatic carbocycles. The second kappa shape index (κ2) is 5.42. The summed E-state index contributed by atoms with van der Waals surface area (Å²) < 4.78 is 0. The van der Waals surface area contributed by atoms with Crippen LogP contribution in [-0.4, -0.2) is 22.9 Å². The van der Waals surface area contributed by atoms with E-state index in [0.717, 1.165) is 22.2 Å². The fourth-order valence-electron chi connectivity index (χ4n) is 2.32. The number of hydrogen-bond acceptors (Lipinski definition) is 4. The highest BCUT2D eigenvalue weighted by atomic mass is 16.3.